The molecule has 5 nitrogen and oxygen atoms in total. The van der Waals surface area contributed by atoms with Gasteiger partial charge in [-0.05, 0) is 30.4 Å². The van der Waals surface area contributed by atoms with Gasteiger partial charge in [0.25, 0.3) is 5.82 Å². The summed E-state index contributed by atoms with van der Waals surface area (Å²) in [6, 6.07) is 5.53. The van der Waals surface area contributed by atoms with Crippen LogP contribution in [0.2, 0.25) is 0 Å². The molecule has 0 spiro atoms. The first-order valence-electron chi connectivity index (χ1n) is 10.5. The quantitative estimate of drug-likeness (QED) is 0.340. The fourth-order valence-corrected chi connectivity index (χ4v) is 4.26. The summed E-state index contributed by atoms with van der Waals surface area (Å²) in [5.41, 5.74) is 1.89. The summed E-state index contributed by atoms with van der Waals surface area (Å²) in [7, 11) is 2.02. The van der Waals surface area contributed by atoms with E-state index in [4.69, 9.17) is 4.74 Å². The highest BCUT2D eigenvalue weighted by Gasteiger charge is 2.22. The normalized spacial score (nSPS) is 15.4. The van der Waals surface area contributed by atoms with Crippen LogP contribution < -0.4 is 4.57 Å². The number of imidazole rings is 1. The first-order valence-corrected chi connectivity index (χ1v) is 10.5. The highest BCUT2D eigenvalue weighted by molar-refractivity contribution is 5.73. The van der Waals surface area contributed by atoms with E-state index in [1.165, 1.54) is 31.5 Å². The minimum atomic E-state index is -0.213. The lowest BCUT2D eigenvalue weighted by Crippen LogP contribution is -2.29. The Bertz CT molecular complexity index is 789. The number of rotatable bonds is 7. The summed E-state index contributed by atoms with van der Waals surface area (Å²) in [5, 5.41) is 10.5. The van der Waals surface area contributed by atoms with Crippen LogP contribution in [-0.2, 0) is 29.5 Å². The molecule has 1 N–H and O–H groups in total. The van der Waals surface area contributed by atoms with Crippen LogP contribution >= 0.6 is 0 Å². The van der Waals surface area contributed by atoms with Gasteiger partial charge in [-0.15, -0.1) is 0 Å². The van der Waals surface area contributed by atoms with E-state index >= 15 is 0 Å². The van der Waals surface area contributed by atoms with Crippen LogP contribution in [0.25, 0.3) is 0 Å². The first-order chi connectivity index (χ1) is 13.6. The van der Waals surface area contributed by atoms with Gasteiger partial charge in [-0.2, -0.15) is 0 Å². The van der Waals surface area contributed by atoms with Gasteiger partial charge in [0.15, 0.2) is 0 Å². The molecule has 1 aromatic heterocycles. The lowest BCUT2D eigenvalue weighted by molar-refractivity contribution is -0.677. The third-order valence-electron chi connectivity index (χ3n) is 5.97. The van der Waals surface area contributed by atoms with Crippen molar-refractivity contribution >= 4 is 5.97 Å². The minimum Gasteiger partial charge on any atom is -0.508 e. The summed E-state index contributed by atoms with van der Waals surface area (Å²) in [6.45, 7) is 3.32. The van der Waals surface area contributed by atoms with Crippen molar-refractivity contribution in [2.45, 2.75) is 70.8 Å². The molecule has 1 aliphatic carbocycles. The van der Waals surface area contributed by atoms with Crippen molar-refractivity contribution in [3.8, 4) is 5.75 Å². The standard InChI is InChI=1S/C23H32N2O3/c1-18-24(2)14-15-25(18)13-8-16-28-22(27)17-20-11-7-12-21(26)23(20)19-9-5-3-4-6-10-19/h7,11-12,14-15,19H,3-6,8-10,13,16-17H2,1-2H3/p+1. The van der Waals surface area contributed by atoms with Crippen LogP contribution in [0.4, 0.5) is 0 Å². The summed E-state index contributed by atoms with van der Waals surface area (Å²) >= 11 is 0. The molecule has 1 aliphatic rings. The van der Waals surface area contributed by atoms with Crippen molar-refractivity contribution in [3.05, 3.63) is 47.5 Å². The van der Waals surface area contributed by atoms with E-state index < -0.39 is 0 Å². The molecule has 0 unspecified atom stereocenters. The first kappa shape index (κ1) is 20.4. The van der Waals surface area contributed by atoms with Gasteiger partial charge in [0.2, 0.25) is 0 Å². The highest BCUT2D eigenvalue weighted by Crippen LogP contribution is 2.38. The summed E-state index contributed by atoms with van der Waals surface area (Å²) < 4.78 is 9.71. The molecule has 0 radical (unpaired) electrons. The third-order valence-corrected chi connectivity index (χ3v) is 5.97. The summed E-state index contributed by atoms with van der Waals surface area (Å²) in [5.74, 6) is 1.64. The Kier molecular flexibility index (Phi) is 7.12. The zero-order valence-corrected chi connectivity index (χ0v) is 17.2. The molecule has 0 bridgehead atoms. The van der Waals surface area contributed by atoms with Crippen molar-refractivity contribution in [1.29, 1.82) is 0 Å². The maximum Gasteiger partial charge on any atom is 0.310 e. The molecule has 1 aromatic carbocycles. The number of carbonyl (C=O) groups is 1. The van der Waals surface area contributed by atoms with Crippen LogP contribution in [0, 0.1) is 6.92 Å². The van der Waals surface area contributed by atoms with Crippen molar-refractivity contribution < 1.29 is 19.2 Å². The van der Waals surface area contributed by atoms with Crippen LogP contribution in [-0.4, -0.2) is 22.2 Å². The maximum atomic E-state index is 12.4. The summed E-state index contributed by atoms with van der Waals surface area (Å²) in [6.07, 6.45) is 12.2. The highest BCUT2D eigenvalue weighted by atomic mass is 16.5. The summed E-state index contributed by atoms with van der Waals surface area (Å²) in [4.78, 5) is 12.4. The van der Waals surface area contributed by atoms with E-state index in [0.717, 1.165) is 36.9 Å². The Morgan fingerprint density at radius 3 is 2.68 bits per heavy atom. The Hall–Kier alpha value is -2.30. The molecule has 1 fully saturated rings. The van der Waals surface area contributed by atoms with E-state index in [2.05, 4.69) is 16.1 Å². The Morgan fingerprint density at radius 1 is 1.25 bits per heavy atom. The van der Waals surface area contributed by atoms with Gasteiger partial charge >= 0.3 is 5.97 Å². The molecule has 28 heavy (non-hydrogen) atoms. The topological polar surface area (TPSA) is 55.3 Å². The van der Waals surface area contributed by atoms with Gasteiger partial charge < -0.3 is 9.84 Å². The van der Waals surface area contributed by atoms with E-state index in [1.807, 2.05) is 31.6 Å². The van der Waals surface area contributed by atoms with Gasteiger partial charge in [-0.1, -0.05) is 37.8 Å². The number of carbonyl (C=O) groups excluding carboxylic acids is 1. The van der Waals surface area contributed by atoms with E-state index in [0.29, 0.717) is 18.3 Å². The number of benzene rings is 1. The Balaban J connectivity index is 1.55. The van der Waals surface area contributed by atoms with Gasteiger partial charge in [-0.25, -0.2) is 9.13 Å². The van der Waals surface area contributed by atoms with Crippen LogP contribution in [0.3, 0.4) is 0 Å². The number of phenols is 1. The molecule has 3 rings (SSSR count). The Morgan fingerprint density at radius 2 is 2.00 bits per heavy atom. The monoisotopic (exact) mass is 385 g/mol. The van der Waals surface area contributed by atoms with Gasteiger partial charge in [-0.3, -0.25) is 4.79 Å². The molecule has 0 aliphatic heterocycles. The van der Waals surface area contributed by atoms with Crippen molar-refractivity contribution in [2.24, 2.45) is 7.05 Å². The zero-order chi connectivity index (χ0) is 19.9. The van der Waals surface area contributed by atoms with Gasteiger partial charge in [0.1, 0.15) is 18.1 Å². The van der Waals surface area contributed by atoms with Gasteiger partial charge in [0.05, 0.1) is 26.6 Å². The smallest absolute Gasteiger partial charge is 0.310 e. The van der Waals surface area contributed by atoms with E-state index in [1.54, 1.807) is 6.07 Å². The fraction of sp³-hybridized carbons (Fsp3) is 0.565. The van der Waals surface area contributed by atoms with Crippen molar-refractivity contribution in [2.75, 3.05) is 6.61 Å². The molecular formula is C23H33N2O3+. The maximum absolute atomic E-state index is 12.4. The minimum absolute atomic E-state index is 0.213. The number of hydrogen-bond donors (Lipinski definition) is 1. The number of aryl methyl sites for hydroxylation is 2. The predicted molar refractivity (Wildman–Crippen MR) is 108 cm³/mol. The molecule has 1 saturated carbocycles. The third kappa shape index (κ3) is 5.15. The van der Waals surface area contributed by atoms with Gasteiger partial charge in [0, 0.05) is 18.9 Å². The molecule has 1 heterocycles. The average Bonchev–Trinajstić information content (AvgIpc) is 2.87. The average molecular weight is 386 g/mol. The van der Waals surface area contributed by atoms with Crippen LogP contribution in [0.5, 0.6) is 5.75 Å². The Labute approximate surface area is 168 Å². The SMILES string of the molecule is Cc1n(CCCOC(=O)Cc2cccc(O)c2C2CCCCCC2)cc[n+]1C. The molecular weight excluding hydrogens is 352 g/mol. The zero-order valence-electron chi connectivity index (χ0n) is 17.2. The lowest BCUT2D eigenvalue weighted by Gasteiger charge is -2.20. The second kappa shape index (κ2) is 9.76. The number of nitrogens with zero attached hydrogens (tertiary/aromatic N) is 2. The fourth-order valence-electron chi connectivity index (χ4n) is 4.26. The van der Waals surface area contributed by atoms with E-state index in [-0.39, 0.29) is 12.4 Å². The molecule has 0 amide bonds. The number of hydrogen-bond acceptors (Lipinski definition) is 3. The number of aromatic hydroxyl groups is 1. The van der Waals surface area contributed by atoms with Crippen LogP contribution in [0.15, 0.2) is 30.6 Å². The second-order valence-corrected chi connectivity index (χ2v) is 7.94. The second-order valence-electron chi connectivity index (χ2n) is 7.94. The number of phenolic OH excluding ortho intramolecular Hbond substituents is 1. The largest absolute Gasteiger partial charge is 0.508 e. The predicted octanol–water partition coefficient (Wildman–Crippen LogP) is 3.94. The number of aromatic nitrogens is 2. The number of esters is 1. The molecule has 0 atom stereocenters. The molecule has 5 heteroatoms. The van der Waals surface area contributed by atoms with Crippen LogP contribution in [0.1, 0.15) is 67.8 Å². The lowest BCUT2D eigenvalue weighted by atomic mass is 9.86. The number of ether oxygens (including phenoxy) is 1. The van der Waals surface area contributed by atoms with Crippen molar-refractivity contribution in [3.63, 3.8) is 0 Å². The van der Waals surface area contributed by atoms with E-state index in [9.17, 15) is 9.90 Å². The van der Waals surface area contributed by atoms with Crippen molar-refractivity contribution in [1.82, 2.24) is 4.57 Å². The molecule has 0 saturated heterocycles. The molecule has 2 aromatic rings. The molecule has 152 valence electrons.